The maximum Gasteiger partial charge on any atom is 0.332 e. The third-order valence-electron chi connectivity index (χ3n) is 3.07. The van der Waals surface area contributed by atoms with E-state index in [1.54, 1.807) is 13.8 Å². The molecule has 0 spiro atoms. The van der Waals surface area contributed by atoms with E-state index >= 15 is 0 Å². The summed E-state index contributed by atoms with van der Waals surface area (Å²) in [5.74, 6) is -0.840. The van der Waals surface area contributed by atoms with Gasteiger partial charge in [0.2, 0.25) is 0 Å². The number of ether oxygens (including phenoxy) is 1. The molecule has 1 N–H and O–H groups in total. The molecule has 0 aliphatic rings. The minimum Gasteiger partial charge on any atom is -0.464 e. The van der Waals surface area contributed by atoms with Crippen molar-refractivity contribution in [2.24, 2.45) is 0 Å². The lowest BCUT2D eigenvalue weighted by Crippen LogP contribution is -2.51. The molecule has 0 bridgehead atoms. The first-order chi connectivity index (χ1) is 8.93. The molecule has 0 saturated carbocycles. The Kier molecular flexibility index (Phi) is 5.42. The quantitative estimate of drug-likeness (QED) is 0.805. The number of pyridine rings is 1. The fraction of sp³-hybridized carbons (Fsp3) is 0.571. The van der Waals surface area contributed by atoms with E-state index in [1.165, 1.54) is 12.1 Å². The average Bonchev–Trinajstić information content (AvgIpc) is 2.39. The second kappa shape index (κ2) is 6.61. The number of nitrogens with zero attached hydrogens (tertiary/aromatic N) is 1. The molecule has 0 aromatic carbocycles. The molecule has 0 saturated heterocycles. The molecule has 0 amide bonds. The summed E-state index contributed by atoms with van der Waals surface area (Å²) in [6.07, 6.45) is 1.96. The lowest BCUT2D eigenvalue weighted by atomic mass is 9.95. The monoisotopic (exact) mass is 268 g/mol. The largest absolute Gasteiger partial charge is 0.464 e. The summed E-state index contributed by atoms with van der Waals surface area (Å²) in [5, 5.41) is 3.20. The highest BCUT2D eigenvalue weighted by Gasteiger charge is 2.38. The Bertz CT molecular complexity index is 422. The van der Waals surface area contributed by atoms with Crippen LogP contribution in [-0.4, -0.2) is 23.6 Å². The molecule has 1 aromatic rings. The van der Waals surface area contributed by atoms with E-state index in [9.17, 15) is 9.18 Å². The van der Waals surface area contributed by atoms with Crippen LogP contribution in [0.25, 0.3) is 0 Å². The van der Waals surface area contributed by atoms with Crippen LogP contribution in [0, 0.1) is 5.82 Å². The van der Waals surface area contributed by atoms with E-state index in [-0.39, 0.29) is 12.6 Å². The van der Waals surface area contributed by atoms with Crippen molar-refractivity contribution >= 4 is 5.97 Å². The minimum atomic E-state index is -1.07. The van der Waals surface area contributed by atoms with Gasteiger partial charge < -0.3 is 4.74 Å². The molecule has 2 atom stereocenters. The highest BCUT2D eigenvalue weighted by molar-refractivity contribution is 5.81. The zero-order valence-electron chi connectivity index (χ0n) is 11.9. The molecular weight excluding hydrogens is 247 g/mol. The summed E-state index contributed by atoms with van der Waals surface area (Å²) in [7, 11) is 0. The molecule has 1 heterocycles. The fourth-order valence-corrected chi connectivity index (χ4v) is 1.78. The smallest absolute Gasteiger partial charge is 0.332 e. The van der Waals surface area contributed by atoms with Gasteiger partial charge in [-0.1, -0.05) is 6.92 Å². The van der Waals surface area contributed by atoms with Gasteiger partial charge in [0.15, 0.2) is 5.54 Å². The standard InChI is InChI=1S/C14H21FN2O2/c1-5-10(3)17-14(4,13(18)19-6-2)12-8-7-11(15)9-16-12/h7-10,17H,5-6H2,1-4H3. The van der Waals surface area contributed by atoms with Gasteiger partial charge in [-0.2, -0.15) is 0 Å². The van der Waals surface area contributed by atoms with Crippen LogP contribution in [0.15, 0.2) is 18.3 Å². The van der Waals surface area contributed by atoms with Crippen molar-refractivity contribution in [3.8, 4) is 0 Å². The van der Waals surface area contributed by atoms with Gasteiger partial charge in [0.1, 0.15) is 5.82 Å². The Morgan fingerprint density at radius 3 is 2.68 bits per heavy atom. The number of carbonyl (C=O) groups is 1. The normalized spacial score (nSPS) is 15.6. The maximum absolute atomic E-state index is 13.0. The zero-order chi connectivity index (χ0) is 14.5. The van der Waals surface area contributed by atoms with E-state index in [4.69, 9.17) is 4.74 Å². The van der Waals surface area contributed by atoms with Crippen LogP contribution in [0.2, 0.25) is 0 Å². The number of esters is 1. The molecule has 1 rings (SSSR count). The van der Waals surface area contributed by atoms with Crippen molar-refractivity contribution < 1.29 is 13.9 Å². The molecule has 0 aliphatic carbocycles. The second-order valence-electron chi connectivity index (χ2n) is 4.66. The topological polar surface area (TPSA) is 51.2 Å². The van der Waals surface area contributed by atoms with Crippen LogP contribution in [0.4, 0.5) is 4.39 Å². The Labute approximate surface area is 113 Å². The highest BCUT2D eigenvalue weighted by Crippen LogP contribution is 2.22. The second-order valence-corrected chi connectivity index (χ2v) is 4.66. The average molecular weight is 268 g/mol. The van der Waals surface area contributed by atoms with Gasteiger partial charge in [-0.15, -0.1) is 0 Å². The first-order valence-corrected chi connectivity index (χ1v) is 6.51. The van der Waals surface area contributed by atoms with Crippen LogP contribution < -0.4 is 5.32 Å². The minimum absolute atomic E-state index is 0.112. The molecule has 0 fully saturated rings. The summed E-state index contributed by atoms with van der Waals surface area (Å²) in [6, 6.07) is 2.90. The van der Waals surface area contributed by atoms with Crippen LogP contribution in [-0.2, 0) is 15.1 Å². The molecule has 5 heteroatoms. The van der Waals surface area contributed by atoms with Gasteiger partial charge in [0.05, 0.1) is 18.5 Å². The van der Waals surface area contributed by atoms with Crippen LogP contribution in [0.5, 0.6) is 0 Å². The lowest BCUT2D eigenvalue weighted by molar-refractivity contribution is -0.151. The van der Waals surface area contributed by atoms with Crippen molar-refractivity contribution in [2.45, 2.75) is 45.7 Å². The van der Waals surface area contributed by atoms with Crippen molar-refractivity contribution in [1.82, 2.24) is 10.3 Å². The Hall–Kier alpha value is -1.49. The van der Waals surface area contributed by atoms with Gasteiger partial charge in [0, 0.05) is 6.04 Å². The molecular formula is C14H21FN2O2. The van der Waals surface area contributed by atoms with E-state index in [0.29, 0.717) is 5.69 Å². The van der Waals surface area contributed by atoms with Crippen LogP contribution in [0.3, 0.4) is 0 Å². The van der Waals surface area contributed by atoms with Crippen LogP contribution in [0.1, 0.15) is 39.8 Å². The predicted octanol–water partition coefficient (Wildman–Crippen LogP) is 2.39. The molecule has 2 unspecified atom stereocenters. The van der Waals surface area contributed by atoms with Gasteiger partial charge in [-0.05, 0) is 39.3 Å². The van der Waals surface area contributed by atoms with Gasteiger partial charge in [0.25, 0.3) is 0 Å². The van der Waals surface area contributed by atoms with Crippen LogP contribution >= 0.6 is 0 Å². The first kappa shape index (κ1) is 15.6. The van der Waals surface area contributed by atoms with Gasteiger partial charge >= 0.3 is 5.97 Å². The van der Waals surface area contributed by atoms with Gasteiger partial charge in [-0.3, -0.25) is 10.3 Å². The Morgan fingerprint density at radius 2 is 2.21 bits per heavy atom. The summed E-state index contributed by atoms with van der Waals surface area (Å²) in [5.41, 5.74) is -0.619. The van der Waals surface area contributed by atoms with E-state index < -0.39 is 17.3 Å². The summed E-state index contributed by atoms with van der Waals surface area (Å²) in [4.78, 5) is 16.2. The van der Waals surface area contributed by atoms with Gasteiger partial charge in [-0.25, -0.2) is 9.18 Å². The van der Waals surface area contributed by atoms with E-state index in [2.05, 4.69) is 10.3 Å². The molecule has 19 heavy (non-hydrogen) atoms. The number of carbonyl (C=O) groups excluding carboxylic acids is 1. The zero-order valence-corrected chi connectivity index (χ0v) is 11.9. The summed E-state index contributed by atoms with van der Waals surface area (Å²) in [6.45, 7) is 7.73. The molecule has 4 nitrogen and oxygen atoms in total. The fourth-order valence-electron chi connectivity index (χ4n) is 1.78. The number of aromatic nitrogens is 1. The highest BCUT2D eigenvalue weighted by atomic mass is 19.1. The third kappa shape index (κ3) is 3.73. The molecule has 0 aliphatic heterocycles. The lowest BCUT2D eigenvalue weighted by Gasteiger charge is -2.31. The molecule has 106 valence electrons. The third-order valence-corrected chi connectivity index (χ3v) is 3.07. The molecule has 0 radical (unpaired) electrons. The number of hydrogen-bond donors (Lipinski definition) is 1. The first-order valence-electron chi connectivity index (χ1n) is 6.51. The van der Waals surface area contributed by atoms with Crippen molar-refractivity contribution in [2.75, 3.05) is 6.61 Å². The predicted molar refractivity (Wildman–Crippen MR) is 71.1 cm³/mol. The number of hydrogen-bond acceptors (Lipinski definition) is 4. The summed E-state index contributed by atoms with van der Waals surface area (Å²) < 4.78 is 18.1. The SMILES string of the molecule is CCOC(=O)C(C)(NC(C)CC)c1ccc(F)cn1. The van der Waals surface area contributed by atoms with Crippen molar-refractivity contribution in [3.63, 3.8) is 0 Å². The summed E-state index contributed by atoms with van der Waals surface area (Å²) >= 11 is 0. The number of halogens is 1. The molecule has 1 aromatic heterocycles. The Balaban J connectivity index is 3.10. The number of rotatable bonds is 6. The van der Waals surface area contributed by atoms with Crippen molar-refractivity contribution in [3.05, 3.63) is 29.8 Å². The Morgan fingerprint density at radius 1 is 1.53 bits per heavy atom. The van der Waals surface area contributed by atoms with E-state index in [1.807, 2.05) is 13.8 Å². The maximum atomic E-state index is 13.0. The van der Waals surface area contributed by atoms with E-state index in [0.717, 1.165) is 12.6 Å². The number of nitrogens with one attached hydrogen (secondary N) is 1. The van der Waals surface area contributed by atoms with Crippen molar-refractivity contribution in [1.29, 1.82) is 0 Å².